The van der Waals surface area contributed by atoms with E-state index in [1.807, 2.05) is 0 Å². The van der Waals surface area contributed by atoms with Gasteiger partial charge in [-0.2, -0.15) is 13.2 Å². The van der Waals surface area contributed by atoms with Crippen LogP contribution in [0.15, 0.2) is 12.3 Å². The van der Waals surface area contributed by atoms with Crippen molar-refractivity contribution in [2.75, 3.05) is 19.0 Å². The van der Waals surface area contributed by atoms with Gasteiger partial charge in [0.2, 0.25) is 0 Å². The molecule has 0 saturated carbocycles. The summed E-state index contributed by atoms with van der Waals surface area (Å²) in [6.07, 6.45) is -4.06. The molecule has 0 unspecified atom stereocenters. The van der Waals surface area contributed by atoms with Crippen molar-refractivity contribution in [1.29, 1.82) is 0 Å². The second-order valence-electron chi connectivity index (χ2n) is 4.11. The molecule has 1 aromatic heterocycles. The van der Waals surface area contributed by atoms with Gasteiger partial charge in [-0.25, -0.2) is 0 Å². The minimum atomic E-state index is -4.30. The van der Waals surface area contributed by atoms with E-state index in [1.165, 1.54) is 13.2 Å². The molecule has 3 N–H and O–H groups in total. The average molecular weight is 276 g/mol. The third-order valence-corrected chi connectivity index (χ3v) is 2.50. The van der Waals surface area contributed by atoms with Crippen LogP contribution in [0.1, 0.15) is 22.5 Å². The number of aryl methyl sites for hydroxylation is 1. The molecule has 0 saturated heterocycles. The van der Waals surface area contributed by atoms with E-state index in [0.29, 0.717) is 11.4 Å². The molecule has 19 heavy (non-hydrogen) atoms. The van der Waals surface area contributed by atoms with Crippen LogP contribution < -0.4 is 11.3 Å². The van der Waals surface area contributed by atoms with Crippen LogP contribution in [-0.4, -0.2) is 35.6 Å². The summed E-state index contributed by atoms with van der Waals surface area (Å²) in [5, 5.41) is 0. The fourth-order valence-electron chi connectivity index (χ4n) is 1.45. The lowest BCUT2D eigenvalue weighted by Gasteiger charge is -2.19. The first kappa shape index (κ1) is 15.2. The zero-order chi connectivity index (χ0) is 14.6. The maximum Gasteiger partial charge on any atom is 0.390 e. The lowest BCUT2D eigenvalue weighted by molar-refractivity contribution is -0.136. The SMILES string of the molecule is Cc1cc(NN)c(C(=O)N(C)CCC(F)(F)F)cn1. The molecule has 1 rings (SSSR count). The van der Waals surface area contributed by atoms with Gasteiger partial charge in [0.25, 0.3) is 5.91 Å². The summed E-state index contributed by atoms with van der Waals surface area (Å²) in [4.78, 5) is 16.9. The van der Waals surface area contributed by atoms with E-state index in [1.54, 1.807) is 13.0 Å². The highest BCUT2D eigenvalue weighted by Crippen LogP contribution is 2.21. The van der Waals surface area contributed by atoms with Crippen molar-refractivity contribution in [3.05, 3.63) is 23.5 Å². The molecule has 0 atom stereocenters. The highest BCUT2D eigenvalue weighted by molar-refractivity contribution is 5.99. The van der Waals surface area contributed by atoms with E-state index in [0.717, 1.165) is 4.90 Å². The topological polar surface area (TPSA) is 71.2 Å². The van der Waals surface area contributed by atoms with E-state index in [4.69, 9.17) is 5.84 Å². The van der Waals surface area contributed by atoms with Crippen LogP contribution in [0.25, 0.3) is 0 Å². The van der Waals surface area contributed by atoms with Crippen LogP contribution in [0.4, 0.5) is 18.9 Å². The molecule has 1 aromatic rings. The number of pyridine rings is 1. The van der Waals surface area contributed by atoms with Gasteiger partial charge >= 0.3 is 6.18 Å². The number of rotatable bonds is 4. The van der Waals surface area contributed by atoms with Gasteiger partial charge in [0.1, 0.15) is 0 Å². The van der Waals surface area contributed by atoms with Crippen LogP contribution in [0.2, 0.25) is 0 Å². The van der Waals surface area contributed by atoms with Crippen LogP contribution in [-0.2, 0) is 0 Å². The number of nitrogens with two attached hydrogens (primary N) is 1. The monoisotopic (exact) mass is 276 g/mol. The molecule has 8 heteroatoms. The fourth-order valence-corrected chi connectivity index (χ4v) is 1.45. The summed E-state index contributed by atoms with van der Waals surface area (Å²) < 4.78 is 36.3. The first-order valence-electron chi connectivity index (χ1n) is 5.50. The predicted molar refractivity (Wildman–Crippen MR) is 64.4 cm³/mol. The Morgan fingerprint density at radius 1 is 1.53 bits per heavy atom. The van der Waals surface area contributed by atoms with Gasteiger partial charge in [-0.1, -0.05) is 0 Å². The number of hydrogen-bond donors (Lipinski definition) is 2. The number of nitrogens with one attached hydrogen (secondary N) is 1. The van der Waals surface area contributed by atoms with Gasteiger partial charge in [0, 0.05) is 25.5 Å². The van der Waals surface area contributed by atoms with E-state index in [2.05, 4.69) is 10.4 Å². The van der Waals surface area contributed by atoms with Gasteiger partial charge in [-0.3, -0.25) is 15.6 Å². The Morgan fingerprint density at radius 2 is 2.16 bits per heavy atom. The zero-order valence-corrected chi connectivity index (χ0v) is 10.6. The normalized spacial score (nSPS) is 11.3. The molecular weight excluding hydrogens is 261 g/mol. The van der Waals surface area contributed by atoms with Crippen molar-refractivity contribution < 1.29 is 18.0 Å². The number of anilines is 1. The Labute approximate surface area is 108 Å². The first-order valence-corrected chi connectivity index (χ1v) is 5.50. The van der Waals surface area contributed by atoms with Crippen molar-refractivity contribution in [2.45, 2.75) is 19.5 Å². The number of aromatic nitrogens is 1. The van der Waals surface area contributed by atoms with Gasteiger partial charge < -0.3 is 10.3 Å². The summed E-state index contributed by atoms with van der Waals surface area (Å²) in [6, 6.07) is 1.55. The summed E-state index contributed by atoms with van der Waals surface area (Å²) in [6.45, 7) is 1.29. The lowest BCUT2D eigenvalue weighted by atomic mass is 10.2. The maximum atomic E-state index is 12.1. The van der Waals surface area contributed by atoms with Gasteiger partial charge in [-0.15, -0.1) is 0 Å². The average Bonchev–Trinajstić information content (AvgIpc) is 2.34. The second kappa shape index (κ2) is 5.87. The van der Waals surface area contributed by atoms with Crippen molar-refractivity contribution >= 4 is 11.6 Å². The van der Waals surface area contributed by atoms with Crippen molar-refractivity contribution in [3.8, 4) is 0 Å². The fraction of sp³-hybridized carbons (Fsp3) is 0.455. The number of alkyl halides is 3. The van der Waals surface area contributed by atoms with Crippen LogP contribution in [0.5, 0.6) is 0 Å². The van der Waals surface area contributed by atoms with Crippen molar-refractivity contribution in [3.63, 3.8) is 0 Å². The zero-order valence-electron chi connectivity index (χ0n) is 10.6. The maximum absolute atomic E-state index is 12.1. The van der Waals surface area contributed by atoms with E-state index in [-0.39, 0.29) is 5.56 Å². The van der Waals surface area contributed by atoms with E-state index in [9.17, 15) is 18.0 Å². The molecule has 1 heterocycles. The van der Waals surface area contributed by atoms with Crippen molar-refractivity contribution in [1.82, 2.24) is 9.88 Å². The second-order valence-corrected chi connectivity index (χ2v) is 4.11. The molecule has 5 nitrogen and oxygen atoms in total. The summed E-state index contributed by atoms with van der Waals surface area (Å²) >= 11 is 0. The molecule has 0 bridgehead atoms. The number of nitrogens with zero attached hydrogens (tertiary/aromatic N) is 2. The molecule has 0 aliphatic heterocycles. The van der Waals surface area contributed by atoms with Crippen LogP contribution >= 0.6 is 0 Å². The highest BCUT2D eigenvalue weighted by Gasteiger charge is 2.28. The third kappa shape index (κ3) is 4.40. The number of amides is 1. The Bertz CT molecular complexity index is 462. The highest BCUT2D eigenvalue weighted by atomic mass is 19.4. The van der Waals surface area contributed by atoms with Crippen LogP contribution in [0.3, 0.4) is 0 Å². The Kier molecular flexibility index (Phi) is 4.71. The summed E-state index contributed by atoms with van der Waals surface area (Å²) in [5.74, 6) is 4.71. The van der Waals surface area contributed by atoms with E-state index < -0.39 is 25.0 Å². The van der Waals surface area contributed by atoms with Gasteiger partial charge in [0.05, 0.1) is 17.7 Å². The Morgan fingerprint density at radius 3 is 2.68 bits per heavy atom. The third-order valence-electron chi connectivity index (χ3n) is 2.50. The molecule has 0 aromatic carbocycles. The minimum Gasteiger partial charge on any atom is -0.341 e. The lowest BCUT2D eigenvalue weighted by Crippen LogP contribution is -2.31. The molecule has 0 spiro atoms. The number of carbonyl (C=O) groups is 1. The molecule has 1 amide bonds. The number of hydrazine groups is 1. The van der Waals surface area contributed by atoms with E-state index >= 15 is 0 Å². The molecule has 106 valence electrons. The molecule has 0 aliphatic rings. The molecule has 0 fully saturated rings. The standard InChI is InChI=1S/C11H15F3N4O/c1-7-5-9(17-15)8(6-16-7)10(19)18(2)4-3-11(12,13)14/h5-6H,3-4,15H2,1-2H3,(H,16,17). The minimum absolute atomic E-state index is 0.137. The van der Waals surface area contributed by atoms with Crippen LogP contribution in [0, 0.1) is 6.92 Å². The first-order chi connectivity index (χ1) is 8.74. The number of carbonyl (C=O) groups excluding carboxylic acids is 1. The molecular formula is C11H15F3N4O. The molecule has 0 radical (unpaired) electrons. The Balaban J connectivity index is 2.82. The van der Waals surface area contributed by atoms with Gasteiger partial charge in [-0.05, 0) is 13.0 Å². The van der Waals surface area contributed by atoms with Gasteiger partial charge in [0.15, 0.2) is 0 Å². The number of halogens is 3. The summed E-state index contributed by atoms with van der Waals surface area (Å²) in [7, 11) is 1.30. The number of nitrogen functional groups attached to an aromatic ring is 1. The largest absolute Gasteiger partial charge is 0.390 e. The Hall–Kier alpha value is -1.83. The van der Waals surface area contributed by atoms with Crippen molar-refractivity contribution in [2.24, 2.45) is 5.84 Å². The smallest absolute Gasteiger partial charge is 0.341 e. The quantitative estimate of drug-likeness (QED) is 0.648. The molecule has 0 aliphatic carbocycles. The number of hydrogen-bond acceptors (Lipinski definition) is 4. The predicted octanol–water partition coefficient (Wildman–Crippen LogP) is 1.70. The summed E-state index contributed by atoms with van der Waals surface area (Å²) in [5.41, 5.74) is 3.44.